The van der Waals surface area contributed by atoms with Crippen LogP contribution in [-0.2, 0) is 24.6 Å². The average molecular weight is 427 g/mol. The van der Waals surface area contributed by atoms with Gasteiger partial charge in [0.1, 0.15) is 5.60 Å². The van der Waals surface area contributed by atoms with E-state index in [0.717, 1.165) is 16.7 Å². The van der Waals surface area contributed by atoms with Gasteiger partial charge in [-0.25, -0.2) is 0 Å². The van der Waals surface area contributed by atoms with Crippen LogP contribution in [0.4, 0.5) is 0 Å². The van der Waals surface area contributed by atoms with Gasteiger partial charge in [0, 0.05) is 0 Å². The Balaban J connectivity index is 1.69. The van der Waals surface area contributed by atoms with E-state index < -0.39 is 17.5 Å². The molecule has 3 aromatic rings. The number of ketones is 1. The lowest BCUT2D eigenvalue weighted by molar-refractivity contribution is -0.198. The molecular formula is C28H26O4. The molecule has 1 heterocycles. The van der Waals surface area contributed by atoms with Gasteiger partial charge in [-0.15, -0.1) is 0 Å². The van der Waals surface area contributed by atoms with Crippen molar-refractivity contribution < 1.29 is 19.0 Å². The van der Waals surface area contributed by atoms with Crippen LogP contribution < -0.4 is 0 Å². The molecule has 4 nitrogen and oxygen atoms in total. The first-order valence-corrected chi connectivity index (χ1v) is 11.0. The molecule has 0 bridgehead atoms. The number of hydrogen-bond donors (Lipinski definition) is 0. The fourth-order valence-corrected chi connectivity index (χ4v) is 4.70. The molecule has 32 heavy (non-hydrogen) atoms. The summed E-state index contributed by atoms with van der Waals surface area (Å²) >= 11 is 0. The molecule has 3 aromatic carbocycles. The predicted octanol–water partition coefficient (Wildman–Crippen LogP) is 5.48. The van der Waals surface area contributed by atoms with Gasteiger partial charge in [0.05, 0.1) is 17.8 Å². The van der Waals surface area contributed by atoms with E-state index in [1.54, 1.807) is 0 Å². The molecule has 2 aliphatic rings. The Morgan fingerprint density at radius 3 is 1.81 bits per heavy atom. The van der Waals surface area contributed by atoms with Crippen LogP contribution in [0.2, 0.25) is 0 Å². The highest BCUT2D eigenvalue weighted by atomic mass is 16.8. The minimum atomic E-state index is -1.57. The van der Waals surface area contributed by atoms with E-state index in [4.69, 9.17) is 14.2 Å². The summed E-state index contributed by atoms with van der Waals surface area (Å²) in [7, 11) is 0. The van der Waals surface area contributed by atoms with Crippen LogP contribution in [0.3, 0.4) is 0 Å². The zero-order chi connectivity index (χ0) is 22.3. The van der Waals surface area contributed by atoms with Crippen molar-refractivity contribution in [2.24, 2.45) is 0 Å². The van der Waals surface area contributed by atoms with Crippen molar-refractivity contribution in [3.05, 3.63) is 113 Å². The summed E-state index contributed by atoms with van der Waals surface area (Å²) in [6.07, 6.45) is -0.570. The smallest absolute Gasteiger partial charge is 0.296 e. The van der Waals surface area contributed by atoms with Gasteiger partial charge in [-0.3, -0.25) is 4.79 Å². The molecule has 1 fully saturated rings. The molecule has 0 N–H and O–H groups in total. The standard InChI is InChI=1S/C28H26O4/c1-19(2)30-26-24(21-13-7-4-8-14-21)25(29)28(26)31-20(3)27(32-28,22-15-9-5-10-16-22)23-17-11-6-12-18-23/h4-20H,1-3H3/t20-,28?/m0/s1. The van der Waals surface area contributed by atoms with Crippen LogP contribution >= 0.6 is 0 Å². The van der Waals surface area contributed by atoms with Crippen LogP contribution in [0.5, 0.6) is 0 Å². The molecule has 1 aliphatic carbocycles. The molecule has 2 atom stereocenters. The molecule has 1 saturated heterocycles. The van der Waals surface area contributed by atoms with Crippen molar-refractivity contribution in [2.45, 2.75) is 44.4 Å². The number of rotatable bonds is 5. The lowest BCUT2D eigenvalue weighted by Crippen LogP contribution is -2.54. The fourth-order valence-electron chi connectivity index (χ4n) is 4.70. The van der Waals surface area contributed by atoms with Gasteiger partial charge in [-0.05, 0) is 37.5 Å². The molecule has 1 unspecified atom stereocenters. The summed E-state index contributed by atoms with van der Waals surface area (Å²) < 4.78 is 19.4. The van der Waals surface area contributed by atoms with E-state index in [1.807, 2.05) is 112 Å². The number of benzene rings is 3. The summed E-state index contributed by atoms with van der Waals surface area (Å²) in [4.78, 5) is 13.7. The lowest BCUT2D eigenvalue weighted by Gasteiger charge is -2.41. The van der Waals surface area contributed by atoms with Crippen molar-refractivity contribution in [3.63, 3.8) is 0 Å². The van der Waals surface area contributed by atoms with Gasteiger partial charge in [0.15, 0.2) is 5.76 Å². The van der Waals surface area contributed by atoms with Crippen LogP contribution in [0, 0.1) is 0 Å². The third-order valence-electron chi connectivity index (χ3n) is 6.09. The summed E-state index contributed by atoms with van der Waals surface area (Å²) in [6, 6.07) is 29.4. The topological polar surface area (TPSA) is 44.8 Å². The van der Waals surface area contributed by atoms with Crippen LogP contribution in [0.1, 0.15) is 37.5 Å². The zero-order valence-electron chi connectivity index (χ0n) is 18.4. The minimum Gasteiger partial charge on any atom is -0.488 e. The Hall–Kier alpha value is -3.21. The van der Waals surface area contributed by atoms with Crippen molar-refractivity contribution >= 4 is 11.4 Å². The van der Waals surface area contributed by atoms with Crippen LogP contribution in [0.25, 0.3) is 5.57 Å². The van der Waals surface area contributed by atoms with Gasteiger partial charge in [-0.1, -0.05) is 91.0 Å². The molecule has 0 amide bonds. The van der Waals surface area contributed by atoms with E-state index in [0.29, 0.717) is 11.3 Å². The number of carbonyl (C=O) groups excluding carboxylic acids is 1. The Kier molecular flexibility index (Phi) is 5.00. The molecule has 1 spiro atoms. The van der Waals surface area contributed by atoms with Gasteiger partial charge >= 0.3 is 0 Å². The maximum atomic E-state index is 13.7. The molecule has 5 rings (SSSR count). The number of Topliss-reactive ketones (excluding diaryl/α,β-unsaturated/α-hetero) is 1. The predicted molar refractivity (Wildman–Crippen MR) is 123 cm³/mol. The molecular weight excluding hydrogens is 400 g/mol. The minimum absolute atomic E-state index is 0.139. The first kappa shape index (κ1) is 20.7. The second-order valence-electron chi connectivity index (χ2n) is 8.51. The SMILES string of the molecule is CC(C)OC1=C(c2ccccc2)C(=O)C12O[C@@H](C)C(c1ccccc1)(c1ccccc1)O2. The van der Waals surface area contributed by atoms with E-state index >= 15 is 0 Å². The van der Waals surface area contributed by atoms with Gasteiger partial charge in [0.2, 0.25) is 5.78 Å². The average Bonchev–Trinajstić information content (AvgIpc) is 3.17. The van der Waals surface area contributed by atoms with Gasteiger partial charge in [-0.2, -0.15) is 0 Å². The Morgan fingerprint density at radius 2 is 1.31 bits per heavy atom. The number of carbonyl (C=O) groups is 1. The monoisotopic (exact) mass is 426 g/mol. The summed E-state index contributed by atoms with van der Waals surface area (Å²) in [5.41, 5.74) is 2.23. The highest BCUT2D eigenvalue weighted by Gasteiger charge is 2.69. The molecule has 4 heteroatoms. The molecule has 1 aliphatic heterocycles. The second-order valence-corrected chi connectivity index (χ2v) is 8.51. The third-order valence-corrected chi connectivity index (χ3v) is 6.09. The van der Waals surface area contributed by atoms with E-state index in [2.05, 4.69) is 0 Å². The summed E-state index contributed by atoms with van der Waals surface area (Å²) in [5.74, 6) is -1.33. The van der Waals surface area contributed by atoms with Crippen molar-refractivity contribution in [2.75, 3.05) is 0 Å². The van der Waals surface area contributed by atoms with Crippen LogP contribution in [-0.4, -0.2) is 23.8 Å². The lowest BCUT2D eigenvalue weighted by atomic mass is 9.81. The normalized spacial score (nSPS) is 24.1. The maximum Gasteiger partial charge on any atom is 0.296 e. The molecule has 0 radical (unpaired) electrons. The Labute approximate surface area is 188 Å². The van der Waals surface area contributed by atoms with Crippen molar-refractivity contribution in [1.82, 2.24) is 0 Å². The molecule has 0 aromatic heterocycles. The highest BCUT2D eigenvalue weighted by Crippen LogP contribution is 2.57. The summed E-state index contributed by atoms with van der Waals surface area (Å²) in [5, 5.41) is 0. The Morgan fingerprint density at radius 1 is 0.812 bits per heavy atom. The molecule has 0 saturated carbocycles. The first-order chi connectivity index (χ1) is 15.5. The van der Waals surface area contributed by atoms with Crippen molar-refractivity contribution in [3.8, 4) is 0 Å². The van der Waals surface area contributed by atoms with E-state index in [9.17, 15) is 4.79 Å². The van der Waals surface area contributed by atoms with E-state index in [-0.39, 0.29) is 11.9 Å². The second kappa shape index (κ2) is 7.73. The fraction of sp³-hybridized carbons (Fsp3) is 0.250. The summed E-state index contributed by atoms with van der Waals surface area (Å²) in [6.45, 7) is 5.83. The highest BCUT2D eigenvalue weighted by molar-refractivity contribution is 6.33. The van der Waals surface area contributed by atoms with E-state index in [1.165, 1.54) is 0 Å². The zero-order valence-corrected chi connectivity index (χ0v) is 18.4. The third kappa shape index (κ3) is 2.94. The first-order valence-electron chi connectivity index (χ1n) is 11.0. The maximum absolute atomic E-state index is 13.7. The van der Waals surface area contributed by atoms with Gasteiger partial charge < -0.3 is 14.2 Å². The van der Waals surface area contributed by atoms with Crippen molar-refractivity contribution in [1.29, 1.82) is 0 Å². The quantitative estimate of drug-likeness (QED) is 0.542. The largest absolute Gasteiger partial charge is 0.488 e. The number of hydrogen-bond acceptors (Lipinski definition) is 4. The van der Waals surface area contributed by atoms with Crippen LogP contribution in [0.15, 0.2) is 96.8 Å². The van der Waals surface area contributed by atoms with Gasteiger partial charge in [0.25, 0.3) is 5.79 Å². The molecule has 162 valence electrons. The number of ether oxygens (including phenoxy) is 3. The Bertz CT molecular complexity index is 1110.